The van der Waals surface area contributed by atoms with Crippen LogP contribution in [0.15, 0.2) is 0 Å². The molecule has 1 atom stereocenters. The molecule has 1 aliphatic rings. The van der Waals surface area contributed by atoms with Crippen LogP contribution < -0.4 is 16.0 Å². The van der Waals surface area contributed by atoms with Gasteiger partial charge in [0.25, 0.3) is 0 Å². The van der Waals surface area contributed by atoms with E-state index in [-0.39, 0.29) is 17.9 Å². The molecule has 1 aliphatic heterocycles. The number of hydrogen-bond acceptors (Lipinski definition) is 3. The van der Waals surface area contributed by atoms with Crippen LogP contribution in [0.5, 0.6) is 0 Å². The van der Waals surface area contributed by atoms with E-state index in [4.69, 9.17) is 0 Å². The van der Waals surface area contributed by atoms with Crippen LogP contribution in [-0.2, 0) is 9.59 Å². The van der Waals surface area contributed by atoms with Crippen LogP contribution in [0.1, 0.15) is 33.1 Å². The van der Waals surface area contributed by atoms with Crippen molar-refractivity contribution in [1.29, 1.82) is 0 Å². The number of nitrogens with one attached hydrogen (secondary N) is 3. The Morgan fingerprint density at radius 1 is 1.44 bits per heavy atom. The maximum atomic E-state index is 11.9. The molecule has 0 aromatic heterocycles. The fraction of sp³-hybridized carbons (Fsp3) is 0.818. The standard InChI is InChI=1S/C11H21N3O2/c1-11(2,12-3)10(16)14-8-6-4-5-7-13-9(8)15/h8,12H,4-7H2,1-3H3,(H,13,15)(H,14,16). The van der Waals surface area contributed by atoms with Gasteiger partial charge in [-0.1, -0.05) is 0 Å². The second-order valence-corrected chi connectivity index (χ2v) is 4.69. The van der Waals surface area contributed by atoms with Gasteiger partial charge in [-0.15, -0.1) is 0 Å². The lowest BCUT2D eigenvalue weighted by molar-refractivity contribution is -0.131. The molecular weight excluding hydrogens is 206 g/mol. The first-order valence-electron chi connectivity index (χ1n) is 5.75. The first kappa shape index (κ1) is 13.0. The fourth-order valence-electron chi connectivity index (χ4n) is 1.53. The third-order valence-corrected chi connectivity index (χ3v) is 3.03. The van der Waals surface area contributed by atoms with Crippen molar-refractivity contribution < 1.29 is 9.59 Å². The summed E-state index contributed by atoms with van der Waals surface area (Å²) in [6.45, 7) is 4.29. The molecule has 16 heavy (non-hydrogen) atoms. The summed E-state index contributed by atoms with van der Waals surface area (Å²) in [6, 6.07) is -0.386. The predicted molar refractivity (Wildman–Crippen MR) is 61.9 cm³/mol. The highest BCUT2D eigenvalue weighted by Crippen LogP contribution is 2.08. The number of carbonyl (C=O) groups excluding carboxylic acids is 2. The lowest BCUT2D eigenvalue weighted by Gasteiger charge is -2.25. The van der Waals surface area contributed by atoms with Gasteiger partial charge in [-0.05, 0) is 40.2 Å². The Bertz CT molecular complexity index is 276. The first-order valence-corrected chi connectivity index (χ1v) is 5.75. The van der Waals surface area contributed by atoms with Crippen molar-refractivity contribution in [1.82, 2.24) is 16.0 Å². The Balaban J connectivity index is 2.58. The van der Waals surface area contributed by atoms with Gasteiger partial charge < -0.3 is 16.0 Å². The van der Waals surface area contributed by atoms with Gasteiger partial charge in [-0.2, -0.15) is 0 Å². The lowest BCUT2D eigenvalue weighted by atomic mass is 10.0. The van der Waals surface area contributed by atoms with Crippen LogP contribution in [0.2, 0.25) is 0 Å². The van der Waals surface area contributed by atoms with E-state index in [0.717, 1.165) is 19.3 Å². The van der Waals surface area contributed by atoms with Gasteiger partial charge in [0.1, 0.15) is 6.04 Å². The Kier molecular flexibility index (Phi) is 4.29. The van der Waals surface area contributed by atoms with Crippen molar-refractivity contribution in [2.24, 2.45) is 0 Å². The van der Waals surface area contributed by atoms with Gasteiger partial charge in [-0.25, -0.2) is 0 Å². The van der Waals surface area contributed by atoms with E-state index in [1.54, 1.807) is 20.9 Å². The summed E-state index contributed by atoms with van der Waals surface area (Å²) in [5.74, 6) is -0.213. The fourth-order valence-corrected chi connectivity index (χ4v) is 1.53. The highest BCUT2D eigenvalue weighted by Gasteiger charge is 2.30. The average molecular weight is 227 g/mol. The van der Waals surface area contributed by atoms with Gasteiger partial charge in [0, 0.05) is 6.54 Å². The molecular formula is C11H21N3O2. The van der Waals surface area contributed by atoms with Crippen LogP contribution in [-0.4, -0.2) is 37.0 Å². The van der Waals surface area contributed by atoms with E-state index in [1.165, 1.54) is 0 Å². The summed E-state index contributed by atoms with van der Waals surface area (Å²) in [7, 11) is 1.73. The molecule has 2 amide bonds. The van der Waals surface area contributed by atoms with Crippen LogP contribution >= 0.6 is 0 Å². The van der Waals surface area contributed by atoms with Crippen molar-refractivity contribution in [2.75, 3.05) is 13.6 Å². The highest BCUT2D eigenvalue weighted by atomic mass is 16.2. The minimum Gasteiger partial charge on any atom is -0.354 e. The molecule has 5 nitrogen and oxygen atoms in total. The molecule has 1 fully saturated rings. The van der Waals surface area contributed by atoms with Crippen LogP contribution in [0, 0.1) is 0 Å². The number of hydrogen-bond donors (Lipinski definition) is 3. The van der Waals surface area contributed by atoms with Crippen molar-refractivity contribution in [2.45, 2.75) is 44.7 Å². The average Bonchev–Trinajstić information content (AvgIpc) is 2.44. The number of likely N-dealkylation sites (N-methyl/N-ethyl adjacent to an activating group) is 1. The molecule has 0 bridgehead atoms. The highest BCUT2D eigenvalue weighted by molar-refractivity contribution is 5.91. The number of amides is 2. The van der Waals surface area contributed by atoms with Gasteiger partial charge in [-0.3, -0.25) is 9.59 Å². The second kappa shape index (κ2) is 5.30. The van der Waals surface area contributed by atoms with E-state index in [0.29, 0.717) is 6.54 Å². The quantitative estimate of drug-likeness (QED) is 0.624. The molecule has 0 aromatic rings. The third kappa shape index (κ3) is 3.20. The van der Waals surface area contributed by atoms with Crippen LogP contribution in [0.25, 0.3) is 0 Å². The number of carbonyl (C=O) groups is 2. The van der Waals surface area contributed by atoms with Crippen molar-refractivity contribution in [3.63, 3.8) is 0 Å². The molecule has 1 heterocycles. The molecule has 1 rings (SSSR count). The smallest absolute Gasteiger partial charge is 0.242 e. The first-order chi connectivity index (χ1) is 7.47. The maximum absolute atomic E-state index is 11.9. The molecule has 1 unspecified atom stereocenters. The van der Waals surface area contributed by atoms with Gasteiger partial charge >= 0.3 is 0 Å². The monoisotopic (exact) mass is 227 g/mol. The summed E-state index contributed by atoms with van der Waals surface area (Å²) in [6.07, 6.45) is 2.66. The Labute approximate surface area is 96.4 Å². The predicted octanol–water partition coefficient (Wildman–Crippen LogP) is -0.231. The Hall–Kier alpha value is -1.10. The molecule has 5 heteroatoms. The molecule has 0 aromatic carbocycles. The molecule has 0 aliphatic carbocycles. The van der Waals surface area contributed by atoms with Crippen LogP contribution in [0.3, 0.4) is 0 Å². The van der Waals surface area contributed by atoms with E-state index in [2.05, 4.69) is 16.0 Å². The zero-order valence-corrected chi connectivity index (χ0v) is 10.2. The molecule has 3 N–H and O–H groups in total. The summed E-state index contributed by atoms with van der Waals surface area (Å²) >= 11 is 0. The lowest BCUT2D eigenvalue weighted by Crippen LogP contribution is -2.56. The molecule has 0 spiro atoms. The number of rotatable bonds is 3. The maximum Gasteiger partial charge on any atom is 0.242 e. The Morgan fingerprint density at radius 2 is 2.12 bits per heavy atom. The normalized spacial score (nSPS) is 22.2. The zero-order chi connectivity index (χ0) is 12.2. The molecule has 1 saturated heterocycles. The van der Waals surface area contributed by atoms with Crippen molar-refractivity contribution >= 4 is 11.8 Å². The zero-order valence-electron chi connectivity index (χ0n) is 10.2. The summed E-state index contributed by atoms with van der Waals surface area (Å²) < 4.78 is 0. The minimum atomic E-state index is -0.646. The topological polar surface area (TPSA) is 70.2 Å². The van der Waals surface area contributed by atoms with E-state index < -0.39 is 5.54 Å². The molecule has 0 radical (unpaired) electrons. The Morgan fingerprint density at radius 3 is 2.75 bits per heavy atom. The van der Waals surface area contributed by atoms with Crippen molar-refractivity contribution in [3.05, 3.63) is 0 Å². The van der Waals surface area contributed by atoms with E-state index >= 15 is 0 Å². The SMILES string of the molecule is CNC(C)(C)C(=O)NC1CCCCNC1=O. The molecule has 0 saturated carbocycles. The summed E-state index contributed by atoms with van der Waals surface area (Å²) in [5, 5.41) is 8.50. The second-order valence-electron chi connectivity index (χ2n) is 4.69. The van der Waals surface area contributed by atoms with Gasteiger partial charge in [0.05, 0.1) is 5.54 Å². The minimum absolute atomic E-state index is 0.0715. The molecule has 92 valence electrons. The van der Waals surface area contributed by atoms with E-state index in [1.807, 2.05) is 0 Å². The summed E-state index contributed by atoms with van der Waals surface area (Å²) in [5.41, 5.74) is -0.646. The summed E-state index contributed by atoms with van der Waals surface area (Å²) in [4.78, 5) is 23.5. The van der Waals surface area contributed by atoms with Gasteiger partial charge in [0.2, 0.25) is 11.8 Å². The third-order valence-electron chi connectivity index (χ3n) is 3.03. The van der Waals surface area contributed by atoms with E-state index in [9.17, 15) is 9.59 Å². The van der Waals surface area contributed by atoms with Crippen LogP contribution in [0.4, 0.5) is 0 Å². The van der Waals surface area contributed by atoms with Crippen molar-refractivity contribution in [3.8, 4) is 0 Å². The van der Waals surface area contributed by atoms with Gasteiger partial charge in [0.15, 0.2) is 0 Å². The largest absolute Gasteiger partial charge is 0.354 e.